The van der Waals surface area contributed by atoms with Crippen molar-refractivity contribution in [2.75, 3.05) is 5.73 Å². The van der Waals surface area contributed by atoms with E-state index in [1.54, 1.807) is 6.92 Å². The van der Waals surface area contributed by atoms with Crippen molar-refractivity contribution in [2.45, 2.75) is 64.8 Å². The van der Waals surface area contributed by atoms with Gasteiger partial charge in [-0.05, 0) is 106 Å². The molecule has 3 heterocycles. The number of imidazole rings is 1. The molecule has 0 bridgehead atoms. The number of Topliss-reactive ketones (excluding diaryl/α,β-unsaturated/α-hetero) is 1. The summed E-state index contributed by atoms with van der Waals surface area (Å²) in [6.45, 7) is 7.32. The number of ketones is 1. The van der Waals surface area contributed by atoms with Gasteiger partial charge < -0.3 is 20.2 Å². The van der Waals surface area contributed by atoms with Crippen LogP contribution in [0.25, 0.3) is 39.4 Å². The predicted molar refractivity (Wildman–Crippen MR) is 177 cm³/mol. The maximum atomic E-state index is 13.8. The van der Waals surface area contributed by atoms with Gasteiger partial charge in [0, 0.05) is 30.6 Å². The number of hydrogen-bond acceptors (Lipinski definition) is 5. The second-order valence-corrected chi connectivity index (χ2v) is 12.7. The van der Waals surface area contributed by atoms with Crippen molar-refractivity contribution in [1.82, 2.24) is 24.4 Å². The maximum Gasteiger partial charge on any atom is 0.252 e. The average Bonchev–Trinajstić information content (AvgIpc) is 3.70. The highest BCUT2D eigenvalue weighted by atomic mass is 16.1. The molecule has 3 aromatic heterocycles. The first-order chi connectivity index (χ1) is 20.9. The Balaban J connectivity index is 1.35. The van der Waals surface area contributed by atoms with Crippen LogP contribution >= 0.6 is 0 Å². The van der Waals surface area contributed by atoms with Gasteiger partial charge in [0.05, 0.1) is 28.0 Å². The van der Waals surface area contributed by atoms with Crippen molar-refractivity contribution in [3.05, 3.63) is 82.7 Å². The van der Waals surface area contributed by atoms with E-state index in [2.05, 4.69) is 20.9 Å². The topological polar surface area (TPSA) is 108 Å². The van der Waals surface area contributed by atoms with Crippen LogP contribution in [0.1, 0.15) is 86.6 Å². The fraction of sp³-hybridized carbons (Fsp3) is 0.333. The number of fused-ring (bicyclic) bond motifs is 2. The number of nitrogens with zero attached hydrogens (tertiary/aromatic N) is 4. The minimum Gasteiger partial charge on any atom is -0.384 e. The lowest BCUT2D eigenvalue weighted by molar-refractivity contribution is -0.113. The monoisotopic (exact) mass is 588 g/mol. The van der Waals surface area contributed by atoms with E-state index in [4.69, 9.17) is 10.7 Å². The Morgan fingerprint density at radius 2 is 1.70 bits per heavy atom. The highest BCUT2D eigenvalue weighted by Crippen LogP contribution is 2.44. The molecule has 1 fully saturated rings. The molecule has 8 nitrogen and oxygen atoms in total. The third-order valence-electron chi connectivity index (χ3n) is 9.11. The standard InChI is InChI=1S/C36H40N6O2/c1-21(22(2)43)18-23-14-17-27-30(19-23)42(6)35(39-27)36(3,4)40-34(44)25-15-16-26-29(20-25)41(5)33(28-12-9-13-31(37)38-28)32(26)24-10-7-8-11-24/h9,12-20,24H,7-8,10-11H2,1-6H3,(H2,37,38)(H,40,44)/b21-18+. The first kappa shape index (κ1) is 29.4. The van der Waals surface area contributed by atoms with Gasteiger partial charge in [-0.2, -0.15) is 0 Å². The van der Waals surface area contributed by atoms with Gasteiger partial charge in [0.2, 0.25) is 0 Å². The van der Waals surface area contributed by atoms with Gasteiger partial charge in [-0.25, -0.2) is 9.97 Å². The Morgan fingerprint density at radius 1 is 0.955 bits per heavy atom. The second kappa shape index (κ2) is 11.1. The van der Waals surface area contributed by atoms with E-state index in [1.165, 1.54) is 18.4 Å². The third-order valence-corrected chi connectivity index (χ3v) is 9.11. The van der Waals surface area contributed by atoms with Crippen molar-refractivity contribution in [3.63, 3.8) is 0 Å². The molecule has 8 heteroatoms. The van der Waals surface area contributed by atoms with E-state index < -0.39 is 5.54 Å². The third kappa shape index (κ3) is 5.19. The van der Waals surface area contributed by atoms with Gasteiger partial charge >= 0.3 is 0 Å². The highest BCUT2D eigenvalue weighted by molar-refractivity contribution is 6.01. The summed E-state index contributed by atoms with van der Waals surface area (Å²) in [5.74, 6) is 1.56. The predicted octanol–water partition coefficient (Wildman–Crippen LogP) is 7.02. The van der Waals surface area contributed by atoms with Crippen molar-refractivity contribution < 1.29 is 9.59 Å². The minimum absolute atomic E-state index is 0.0422. The molecule has 1 saturated carbocycles. The van der Waals surface area contributed by atoms with Gasteiger partial charge in [-0.1, -0.05) is 31.0 Å². The molecule has 1 aliphatic rings. The number of benzene rings is 2. The first-order valence-corrected chi connectivity index (χ1v) is 15.3. The van der Waals surface area contributed by atoms with Crippen molar-refractivity contribution in [3.8, 4) is 11.4 Å². The van der Waals surface area contributed by atoms with E-state index in [-0.39, 0.29) is 11.7 Å². The number of allylic oxidation sites excluding steroid dienone is 1. The molecule has 6 rings (SSSR count). The molecule has 3 N–H and O–H groups in total. The lowest BCUT2D eigenvalue weighted by Crippen LogP contribution is -2.42. The van der Waals surface area contributed by atoms with Crippen LogP contribution in [0.2, 0.25) is 0 Å². The van der Waals surface area contributed by atoms with E-state index >= 15 is 0 Å². The lowest BCUT2D eigenvalue weighted by atomic mass is 9.93. The van der Waals surface area contributed by atoms with Gasteiger partial charge in [0.25, 0.3) is 5.91 Å². The fourth-order valence-corrected chi connectivity index (χ4v) is 6.75. The van der Waals surface area contributed by atoms with E-state index in [1.807, 2.05) is 94.0 Å². The van der Waals surface area contributed by atoms with Crippen LogP contribution in [0, 0.1) is 0 Å². The van der Waals surface area contributed by atoms with Crippen LogP contribution in [-0.2, 0) is 24.4 Å². The summed E-state index contributed by atoms with van der Waals surface area (Å²) in [6.07, 6.45) is 6.62. The number of aryl methyl sites for hydroxylation is 2. The number of carbonyl (C=O) groups excluding carboxylic acids is 2. The van der Waals surface area contributed by atoms with Gasteiger partial charge in [-0.15, -0.1) is 0 Å². The van der Waals surface area contributed by atoms with Crippen LogP contribution in [-0.4, -0.2) is 30.8 Å². The first-order valence-electron chi connectivity index (χ1n) is 15.3. The van der Waals surface area contributed by atoms with Crippen LogP contribution in [0.3, 0.4) is 0 Å². The van der Waals surface area contributed by atoms with E-state index in [0.717, 1.165) is 57.6 Å². The molecular weight excluding hydrogens is 548 g/mol. The van der Waals surface area contributed by atoms with Gasteiger partial charge in [0.1, 0.15) is 11.6 Å². The number of pyridine rings is 1. The Bertz CT molecular complexity index is 1970. The molecule has 0 unspecified atom stereocenters. The molecule has 0 aliphatic heterocycles. The molecule has 0 spiro atoms. The molecule has 226 valence electrons. The van der Waals surface area contributed by atoms with Crippen LogP contribution in [0.15, 0.2) is 60.2 Å². The van der Waals surface area contributed by atoms with E-state index in [9.17, 15) is 9.59 Å². The number of nitrogen functional groups attached to an aromatic ring is 1. The van der Waals surface area contributed by atoms with Crippen molar-refractivity contribution in [1.29, 1.82) is 0 Å². The number of nitrogens with one attached hydrogen (secondary N) is 1. The Labute approximate surface area is 258 Å². The average molecular weight is 589 g/mol. The molecule has 1 amide bonds. The Morgan fingerprint density at radius 3 is 2.41 bits per heavy atom. The van der Waals surface area contributed by atoms with Crippen molar-refractivity contribution >= 4 is 45.5 Å². The minimum atomic E-state index is -0.759. The summed E-state index contributed by atoms with van der Waals surface area (Å²) in [6, 6.07) is 17.7. The summed E-state index contributed by atoms with van der Waals surface area (Å²) in [7, 11) is 4.00. The number of amides is 1. The zero-order valence-electron chi connectivity index (χ0n) is 26.4. The molecule has 0 radical (unpaired) electrons. The zero-order chi connectivity index (χ0) is 31.3. The lowest BCUT2D eigenvalue weighted by Gasteiger charge is -2.26. The quantitative estimate of drug-likeness (QED) is 0.199. The number of nitrogens with two attached hydrogens (primary N) is 1. The summed E-state index contributed by atoms with van der Waals surface area (Å²) in [5, 5.41) is 4.40. The smallest absolute Gasteiger partial charge is 0.252 e. The molecule has 5 aromatic rings. The van der Waals surface area contributed by atoms with Crippen molar-refractivity contribution in [2.24, 2.45) is 14.1 Å². The maximum absolute atomic E-state index is 13.8. The summed E-state index contributed by atoms with van der Waals surface area (Å²) in [5.41, 5.74) is 13.5. The second-order valence-electron chi connectivity index (χ2n) is 12.7. The van der Waals surface area contributed by atoms with Gasteiger partial charge in [0.15, 0.2) is 5.78 Å². The largest absolute Gasteiger partial charge is 0.384 e. The molecule has 44 heavy (non-hydrogen) atoms. The summed E-state index contributed by atoms with van der Waals surface area (Å²) < 4.78 is 4.17. The number of carbonyl (C=O) groups is 2. The normalized spacial score (nSPS) is 14.5. The molecule has 1 aliphatic carbocycles. The van der Waals surface area contributed by atoms with Crippen LogP contribution in [0.5, 0.6) is 0 Å². The summed E-state index contributed by atoms with van der Waals surface area (Å²) in [4.78, 5) is 35.1. The Hall–Kier alpha value is -4.72. The number of rotatable bonds is 7. The number of anilines is 1. The SMILES string of the molecule is CC(=O)/C(C)=C/c1ccc2nc(C(C)(C)NC(=O)c3ccc4c(C5CCCC5)c(-c5cccc(N)n5)n(C)c4c3)n(C)c2c1. The molecular formula is C36H40N6O2. The van der Waals surface area contributed by atoms with E-state index in [0.29, 0.717) is 22.9 Å². The zero-order valence-corrected chi connectivity index (χ0v) is 26.4. The van der Waals surface area contributed by atoms with Crippen LogP contribution < -0.4 is 11.1 Å². The molecule has 0 saturated heterocycles. The molecule has 0 atom stereocenters. The fourth-order valence-electron chi connectivity index (χ4n) is 6.75. The van der Waals surface area contributed by atoms with Gasteiger partial charge in [-0.3, -0.25) is 9.59 Å². The summed E-state index contributed by atoms with van der Waals surface area (Å²) >= 11 is 0. The highest BCUT2D eigenvalue weighted by Gasteiger charge is 2.31. The molecule has 2 aromatic carbocycles. The number of hydrogen-bond donors (Lipinski definition) is 2. The number of aromatic nitrogens is 4. The van der Waals surface area contributed by atoms with Crippen LogP contribution in [0.4, 0.5) is 5.82 Å². The Kier molecular flexibility index (Phi) is 7.40.